The van der Waals surface area contributed by atoms with Crippen molar-refractivity contribution in [1.82, 2.24) is 0 Å². The van der Waals surface area contributed by atoms with Crippen molar-refractivity contribution in [2.75, 3.05) is 0 Å². The van der Waals surface area contributed by atoms with Crippen molar-refractivity contribution in [3.05, 3.63) is 33.8 Å². The van der Waals surface area contributed by atoms with Gasteiger partial charge in [0, 0.05) is 5.56 Å². The molecule has 0 heterocycles. The van der Waals surface area contributed by atoms with Gasteiger partial charge in [-0.1, -0.05) is 22.0 Å². The Balaban J connectivity index is 3.28. The molecular weight excluding hydrogens is 308 g/mol. The Morgan fingerprint density at radius 2 is 1.92 bits per heavy atom. The van der Waals surface area contributed by atoms with Gasteiger partial charge in [0.15, 0.2) is 11.6 Å². The third-order valence-corrected chi connectivity index (χ3v) is 2.76. The molecule has 1 aromatic carbocycles. The summed E-state index contributed by atoms with van der Waals surface area (Å²) < 4.78 is 26.1. The number of halogens is 4. The summed E-state index contributed by atoms with van der Waals surface area (Å²) in [7, 11) is 0. The van der Waals surface area contributed by atoms with Gasteiger partial charge in [-0.2, -0.15) is 5.26 Å². The Hall–Kier alpha value is -0.470. The number of rotatable bonds is 1. The highest BCUT2D eigenvalue weighted by Gasteiger charge is 2.17. The second kappa shape index (κ2) is 4.16. The predicted octanol–water partition coefficient (Wildman–Crippen LogP) is 3.69. The summed E-state index contributed by atoms with van der Waals surface area (Å²) >= 11 is 5.75. The third kappa shape index (κ3) is 2.06. The Kier molecular flexibility index (Phi) is 3.40. The number of alkyl halides is 1. The van der Waals surface area contributed by atoms with Crippen LogP contribution in [0, 0.1) is 23.0 Å². The normalized spacial score (nSPS) is 12.2. The van der Waals surface area contributed by atoms with E-state index in [1.54, 1.807) is 6.07 Å². The van der Waals surface area contributed by atoms with Crippen LogP contribution in [0.5, 0.6) is 0 Å². The minimum Gasteiger partial charge on any atom is -0.203 e. The van der Waals surface area contributed by atoms with Crippen LogP contribution in [0.4, 0.5) is 8.78 Å². The fourth-order valence-corrected chi connectivity index (χ4v) is 1.47. The smallest absolute Gasteiger partial charge is 0.173 e. The van der Waals surface area contributed by atoms with Crippen molar-refractivity contribution in [3.8, 4) is 6.07 Å². The Bertz CT molecular complexity index is 373. The first-order valence-corrected chi connectivity index (χ1v) is 4.96. The van der Waals surface area contributed by atoms with Gasteiger partial charge in [-0.25, -0.2) is 8.78 Å². The summed E-state index contributed by atoms with van der Waals surface area (Å²) in [5.74, 6) is -1.98. The molecule has 0 radical (unpaired) electrons. The third-order valence-electron chi connectivity index (χ3n) is 1.45. The highest BCUT2D eigenvalue weighted by atomic mass is 79.9. The first-order chi connectivity index (χ1) is 6.07. The summed E-state index contributed by atoms with van der Waals surface area (Å²) in [6.07, 6.45) is 0. The van der Waals surface area contributed by atoms with Gasteiger partial charge in [-0.05, 0) is 22.0 Å². The molecule has 0 bridgehead atoms. The van der Waals surface area contributed by atoms with Crippen LogP contribution < -0.4 is 0 Å². The topological polar surface area (TPSA) is 23.8 Å². The van der Waals surface area contributed by atoms with Crippen molar-refractivity contribution < 1.29 is 8.78 Å². The van der Waals surface area contributed by atoms with Gasteiger partial charge in [0.05, 0.1) is 10.5 Å². The molecule has 1 nitrogen and oxygen atoms in total. The fraction of sp³-hybridized carbons (Fsp3) is 0.125. The van der Waals surface area contributed by atoms with Crippen molar-refractivity contribution in [2.24, 2.45) is 0 Å². The zero-order valence-corrected chi connectivity index (χ0v) is 9.36. The molecule has 68 valence electrons. The van der Waals surface area contributed by atoms with E-state index in [1.807, 2.05) is 0 Å². The summed E-state index contributed by atoms with van der Waals surface area (Å²) in [5, 5.41) is 8.48. The second-order valence-corrected chi connectivity index (χ2v) is 4.03. The summed E-state index contributed by atoms with van der Waals surface area (Å²) in [6.45, 7) is 0. The average Bonchev–Trinajstić information content (AvgIpc) is 2.13. The lowest BCUT2D eigenvalue weighted by Gasteiger charge is -2.04. The maximum atomic E-state index is 13.1. The Morgan fingerprint density at radius 3 is 2.46 bits per heavy atom. The number of hydrogen-bond acceptors (Lipinski definition) is 1. The van der Waals surface area contributed by atoms with Crippen LogP contribution >= 0.6 is 31.9 Å². The Labute approximate surface area is 90.6 Å². The highest BCUT2D eigenvalue weighted by Crippen LogP contribution is 2.29. The molecule has 0 aliphatic heterocycles. The molecule has 0 amide bonds. The van der Waals surface area contributed by atoms with Crippen LogP contribution in [0.15, 0.2) is 16.6 Å². The van der Waals surface area contributed by atoms with Crippen molar-refractivity contribution >= 4 is 31.9 Å². The largest absolute Gasteiger partial charge is 0.203 e. The van der Waals surface area contributed by atoms with Crippen molar-refractivity contribution in [1.29, 1.82) is 5.26 Å². The summed E-state index contributed by atoms with van der Waals surface area (Å²) in [6, 6.07) is 4.48. The van der Waals surface area contributed by atoms with Gasteiger partial charge in [-0.3, -0.25) is 0 Å². The lowest BCUT2D eigenvalue weighted by Crippen LogP contribution is -1.96. The van der Waals surface area contributed by atoms with Gasteiger partial charge in [0.25, 0.3) is 0 Å². The van der Waals surface area contributed by atoms with Gasteiger partial charge < -0.3 is 0 Å². The SMILES string of the molecule is N#CC(Br)c1ccc(Br)c(F)c1F. The van der Waals surface area contributed by atoms with E-state index in [9.17, 15) is 8.78 Å². The quantitative estimate of drug-likeness (QED) is 0.573. The lowest BCUT2D eigenvalue weighted by atomic mass is 10.1. The standard InChI is InChI=1S/C8H3Br2F2N/c9-5-2-1-4(6(10)3-13)7(11)8(5)12/h1-2,6H. The van der Waals surface area contributed by atoms with E-state index in [4.69, 9.17) is 5.26 Å². The average molecular weight is 311 g/mol. The lowest BCUT2D eigenvalue weighted by molar-refractivity contribution is 0.497. The molecule has 0 saturated heterocycles. The maximum Gasteiger partial charge on any atom is 0.173 e. The van der Waals surface area contributed by atoms with Crippen molar-refractivity contribution in [2.45, 2.75) is 4.83 Å². The molecule has 13 heavy (non-hydrogen) atoms. The summed E-state index contributed by atoms with van der Waals surface area (Å²) in [4.78, 5) is -0.824. The van der Waals surface area contributed by atoms with E-state index >= 15 is 0 Å². The molecule has 1 unspecified atom stereocenters. The monoisotopic (exact) mass is 309 g/mol. The van der Waals surface area contributed by atoms with Gasteiger partial charge in [-0.15, -0.1) is 0 Å². The fourth-order valence-electron chi connectivity index (χ4n) is 0.806. The molecule has 0 aliphatic rings. The molecule has 1 atom stereocenters. The highest BCUT2D eigenvalue weighted by molar-refractivity contribution is 9.10. The molecule has 0 fully saturated rings. The second-order valence-electron chi connectivity index (χ2n) is 2.26. The summed E-state index contributed by atoms with van der Waals surface area (Å²) in [5.41, 5.74) is 0.00296. The van der Waals surface area contributed by atoms with E-state index in [1.165, 1.54) is 12.1 Å². The molecule has 0 N–H and O–H groups in total. The molecule has 0 saturated carbocycles. The minimum atomic E-state index is -1.00. The van der Waals surface area contributed by atoms with E-state index in [2.05, 4.69) is 31.9 Å². The van der Waals surface area contributed by atoms with E-state index in [-0.39, 0.29) is 10.0 Å². The number of hydrogen-bond donors (Lipinski definition) is 0. The van der Waals surface area contributed by atoms with Crippen LogP contribution in [0.25, 0.3) is 0 Å². The molecule has 0 aliphatic carbocycles. The number of nitrogens with zero attached hydrogens (tertiary/aromatic N) is 1. The van der Waals surface area contributed by atoms with Crippen molar-refractivity contribution in [3.63, 3.8) is 0 Å². The van der Waals surface area contributed by atoms with Gasteiger partial charge in [0.1, 0.15) is 4.83 Å². The molecular formula is C8H3Br2F2N. The van der Waals surface area contributed by atoms with Gasteiger partial charge in [0.2, 0.25) is 0 Å². The van der Waals surface area contributed by atoms with Gasteiger partial charge >= 0.3 is 0 Å². The van der Waals surface area contributed by atoms with Crippen LogP contribution in [0.2, 0.25) is 0 Å². The molecule has 1 aromatic rings. The predicted molar refractivity (Wildman–Crippen MR) is 51.3 cm³/mol. The first kappa shape index (κ1) is 10.6. The zero-order valence-electron chi connectivity index (χ0n) is 6.19. The maximum absolute atomic E-state index is 13.1. The first-order valence-electron chi connectivity index (χ1n) is 3.25. The number of nitriles is 1. The van der Waals surface area contributed by atoms with E-state index in [0.717, 1.165) is 0 Å². The molecule has 0 spiro atoms. The van der Waals surface area contributed by atoms with E-state index in [0.29, 0.717) is 0 Å². The minimum absolute atomic E-state index is 0.00296. The molecule has 0 aromatic heterocycles. The Morgan fingerprint density at radius 1 is 1.31 bits per heavy atom. The van der Waals surface area contributed by atoms with Crippen LogP contribution in [-0.2, 0) is 0 Å². The van der Waals surface area contributed by atoms with Crippen LogP contribution in [0.3, 0.4) is 0 Å². The molecule has 5 heteroatoms. The number of benzene rings is 1. The molecule has 1 rings (SSSR count). The zero-order chi connectivity index (χ0) is 10.0. The van der Waals surface area contributed by atoms with Crippen LogP contribution in [0.1, 0.15) is 10.4 Å². The van der Waals surface area contributed by atoms with Crippen LogP contribution in [-0.4, -0.2) is 0 Å². The van der Waals surface area contributed by atoms with E-state index < -0.39 is 16.5 Å².